The fourth-order valence-corrected chi connectivity index (χ4v) is 2.35. The number of para-hydroxylation sites is 2. The third kappa shape index (κ3) is 3.07. The SMILES string of the molecule is CCCOc1ccccc1-n1nnc(CO)c1-c1ccncc1. The highest BCUT2D eigenvalue weighted by Gasteiger charge is 2.18. The van der Waals surface area contributed by atoms with Crippen LogP contribution in [0.15, 0.2) is 48.8 Å². The minimum atomic E-state index is -0.185. The Morgan fingerprint density at radius 2 is 1.91 bits per heavy atom. The van der Waals surface area contributed by atoms with Gasteiger partial charge in [-0.3, -0.25) is 4.98 Å². The molecule has 3 rings (SSSR count). The van der Waals surface area contributed by atoms with Gasteiger partial charge < -0.3 is 9.84 Å². The molecule has 0 saturated carbocycles. The molecule has 118 valence electrons. The van der Waals surface area contributed by atoms with E-state index < -0.39 is 0 Å². The van der Waals surface area contributed by atoms with E-state index in [0.29, 0.717) is 12.3 Å². The van der Waals surface area contributed by atoms with Gasteiger partial charge in [-0.2, -0.15) is 0 Å². The molecular formula is C17H18N4O2. The molecule has 0 atom stereocenters. The number of pyridine rings is 1. The van der Waals surface area contributed by atoms with Crippen molar-refractivity contribution in [2.45, 2.75) is 20.0 Å². The van der Waals surface area contributed by atoms with Gasteiger partial charge in [0.25, 0.3) is 0 Å². The Balaban J connectivity index is 2.13. The highest BCUT2D eigenvalue weighted by molar-refractivity contribution is 5.65. The second kappa shape index (κ2) is 7.02. The van der Waals surface area contributed by atoms with Gasteiger partial charge in [-0.1, -0.05) is 24.3 Å². The van der Waals surface area contributed by atoms with Gasteiger partial charge in [0.1, 0.15) is 22.8 Å². The number of nitrogens with zero attached hydrogens (tertiary/aromatic N) is 4. The van der Waals surface area contributed by atoms with Crippen LogP contribution < -0.4 is 4.74 Å². The van der Waals surface area contributed by atoms with Crippen LogP contribution in [0.5, 0.6) is 5.75 Å². The molecule has 0 radical (unpaired) electrons. The van der Waals surface area contributed by atoms with Crippen molar-refractivity contribution in [1.82, 2.24) is 20.0 Å². The van der Waals surface area contributed by atoms with Gasteiger partial charge in [0.2, 0.25) is 0 Å². The number of hydrogen-bond donors (Lipinski definition) is 1. The van der Waals surface area contributed by atoms with Gasteiger partial charge in [-0.15, -0.1) is 5.10 Å². The molecule has 0 bridgehead atoms. The molecule has 1 N–H and O–H groups in total. The Labute approximate surface area is 134 Å². The summed E-state index contributed by atoms with van der Waals surface area (Å²) >= 11 is 0. The van der Waals surface area contributed by atoms with Gasteiger partial charge >= 0.3 is 0 Å². The highest BCUT2D eigenvalue weighted by atomic mass is 16.5. The summed E-state index contributed by atoms with van der Waals surface area (Å²) < 4.78 is 7.51. The van der Waals surface area contributed by atoms with Crippen LogP contribution in [-0.2, 0) is 6.61 Å². The first-order chi connectivity index (χ1) is 11.3. The molecular weight excluding hydrogens is 292 g/mol. The summed E-state index contributed by atoms with van der Waals surface area (Å²) in [4.78, 5) is 4.03. The van der Waals surface area contributed by atoms with Gasteiger partial charge in [-0.05, 0) is 30.7 Å². The minimum absolute atomic E-state index is 0.185. The van der Waals surface area contributed by atoms with E-state index in [1.165, 1.54) is 0 Å². The fourth-order valence-electron chi connectivity index (χ4n) is 2.35. The maximum absolute atomic E-state index is 9.59. The smallest absolute Gasteiger partial charge is 0.145 e. The van der Waals surface area contributed by atoms with Crippen molar-refractivity contribution in [2.24, 2.45) is 0 Å². The molecule has 2 heterocycles. The number of ether oxygens (including phenoxy) is 1. The Morgan fingerprint density at radius 1 is 1.13 bits per heavy atom. The molecule has 6 heteroatoms. The number of aromatic nitrogens is 4. The van der Waals surface area contributed by atoms with E-state index in [1.54, 1.807) is 17.1 Å². The van der Waals surface area contributed by atoms with Gasteiger partial charge in [-0.25, -0.2) is 4.68 Å². The van der Waals surface area contributed by atoms with Crippen molar-refractivity contribution in [2.75, 3.05) is 6.61 Å². The van der Waals surface area contributed by atoms with Crippen molar-refractivity contribution in [3.63, 3.8) is 0 Å². The van der Waals surface area contributed by atoms with Crippen LogP contribution in [-0.4, -0.2) is 31.7 Å². The molecule has 0 spiro atoms. The lowest BCUT2D eigenvalue weighted by Gasteiger charge is -2.13. The normalized spacial score (nSPS) is 10.7. The van der Waals surface area contributed by atoms with Crippen molar-refractivity contribution >= 4 is 0 Å². The summed E-state index contributed by atoms with van der Waals surface area (Å²) in [5.41, 5.74) is 2.93. The van der Waals surface area contributed by atoms with Crippen molar-refractivity contribution in [3.05, 3.63) is 54.5 Å². The summed E-state index contributed by atoms with van der Waals surface area (Å²) in [6, 6.07) is 11.4. The van der Waals surface area contributed by atoms with Gasteiger partial charge in [0.15, 0.2) is 0 Å². The van der Waals surface area contributed by atoms with Crippen molar-refractivity contribution < 1.29 is 9.84 Å². The molecule has 1 aromatic carbocycles. The van der Waals surface area contributed by atoms with E-state index in [2.05, 4.69) is 22.2 Å². The van der Waals surface area contributed by atoms with Crippen LogP contribution in [0.4, 0.5) is 0 Å². The van der Waals surface area contributed by atoms with Crippen molar-refractivity contribution in [3.8, 4) is 22.7 Å². The summed E-state index contributed by atoms with van der Waals surface area (Å²) in [5.74, 6) is 0.735. The lowest BCUT2D eigenvalue weighted by atomic mass is 10.1. The molecule has 23 heavy (non-hydrogen) atoms. The molecule has 0 amide bonds. The van der Waals surface area contributed by atoms with Gasteiger partial charge in [0.05, 0.1) is 13.2 Å². The van der Waals surface area contributed by atoms with Crippen LogP contribution in [0.2, 0.25) is 0 Å². The molecule has 2 aromatic heterocycles. The maximum Gasteiger partial charge on any atom is 0.145 e. The van der Waals surface area contributed by atoms with Crippen LogP contribution in [0.1, 0.15) is 19.0 Å². The highest BCUT2D eigenvalue weighted by Crippen LogP contribution is 2.29. The van der Waals surface area contributed by atoms with E-state index in [1.807, 2.05) is 36.4 Å². The average Bonchev–Trinajstić information content (AvgIpc) is 3.04. The quantitative estimate of drug-likeness (QED) is 0.757. The van der Waals surface area contributed by atoms with Crippen LogP contribution in [0, 0.1) is 0 Å². The Morgan fingerprint density at radius 3 is 2.65 bits per heavy atom. The zero-order valence-corrected chi connectivity index (χ0v) is 12.9. The molecule has 0 saturated heterocycles. The third-order valence-corrected chi connectivity index (χ3v) is 3.40. The summed E-state index contributed by atoms with van der Waals surface area (Å²) in [5, 5.41) is 17.9. The number of aliphatic hydroxyl groups excluding tert-OH is 1. The Bertz CT molecular complexity index is 771. The first kappa shape index (κ1) is 15.2. The van der Waals surface area contributed by atoms with Crippen molar-refractivity contribution in [1.29, 1.82) is 0 Å². The van der Waals surface area contributed by atoms with E-state index in [-0.39, 0.29) is 6.61 Å². The van der Waals surface area contributed by atoms with Crippen LogP contribution >= 0.6 is 0 Å². The lowest BCUT2D eigenvalue weighted by molar-refractivity contribution is 0.277. The Hall–Kier alpha value is -2.73. The monoisotopic (exact) mass is 310 g/mol. The zero-order chi connectivity index (χ0) is 16.1. The molecule has 0 unspecified atom stereocenters. The minimum Gasteiger partial charge on any atom is -0.491 e. The van der Waals surface area contributed by atoms with E-state index in [0.717, 1.165) is 29.1 Å². The second-order valence-electron chi connectivity index (χ2n) is 5.01. The standard InChI is InChI=1S/C17H18N4O2/c1-2-11-23-16-6-4-3-5-15(16)21-17(14(12-22)19-20-21)13-7-9-18-10-8-13/h3-10,22H,2,11-12H2,1H3. The first-order valence-electron chi connectivity index (χ1n) is 7.53. The predicted molar refractivity (Wildman–Crippen MR) is 86.3 cm³/mol. The third-order valence-electron chi connectivity index (χ3n) is 3.40. The van der Waals surface area contributed by atoms with E-state index >= 15 is 0 Å². The second-order valence-corrected chi connectivity index (χ2v) is 5.01. The molecule has 0 fully saturated rings. The van der Waals surface area contributed by atoms with Gasteiger partial charge in [0, 0.05) is 18.0 Å². The topological polar surface area (TPSA) is 73.1 Å². The summed E-state index contributed by atoms with van der Waals surface area (Å²) in [7, 11) is 0. The lowest BCUT2D eigenvalue weighted by Crippen LogP contribution is -2.05. The predicted octanol–water partition coefficient (Wildman–Crippen LogP) is 2.61. The number of benzene rings is 1. The van der Waals surface area contributed by atoms with Crippen LogP contribution in [0.25, 0.3) is 16.9 Å². The van der Waals surface area contributed by atoms with E-state index in [4.69, 9.17) is 4.74 Å². The number of hydrogen-bond acceptors (Lipinski definition) is 5. The fraction of sp³-hybridized carbons (Fsp3) is 0.235. The van der Waals surface area contributed by atoms with Crippen LogP contribution in [0.3, 0.4) is 0 Å². The largest absolute Gasteiger partial charge is 0.491 e. The maximum atomic E-state index is 9.59. The molecule has 0 aliphatic rings. The summed E-state index contributed by atoms with van der Waals surface area (Å²) in [6.07, 6.45) is 4.32. The molecule has 0 aliphatic heterocycles. The molecule has 3 aromatic rings. The Kier molecular flexibility index (Phi) is 4.63. The first-order valence-corrected chi connectivity index (χ1v) is 7.53. The summed E-state index contributed by atoms with van der Waals surface area (Å²) in [6.45, 7) is 2.50. The average molecular weight is 310 g/mol. The molecule has 6 nitrogen and oxygen atoms in total. The number of aliphatic hydroxyl groups is 1. The zero-order valence-electron chi connectivity index (χ0n) is 12.9. The molecule has 0 aliphatic carbocycles. The number of rotatable bonds is 6. The van der Waals surface area contributed by atoms with E-state index in [9.17, 15) is 5.11 Å².